The van der Waals surface area contributed by atoms with Crippen molar-refractivity contribution in [3.05, 3.63) is 29.6 Å². The molecule has 2 heterocycles. The third-order valence-corrected chi connectivity index (χ3v) is 4.43. The van der Waals surface area contributed by atoms with Crippen molar-refractivity contribution in [2.45, 2.75) is 31.7 Å². The van der Waals surface area contributed by atoms with Crippen LogP contribution in [0.2, 0.25) is 0 Å². The Labute approximate surface area is 122 Å². The number of hydrogen-bond acceptors (Lipinski definition) is 3. The highest BCUT2D eigenvalue weighted by atomic mass is 16.5. The first kappa shape index (κ1) is 12.8. The topological polar surface area (TPSA) is 64.3 Å². The smallest absolute Gasteiger partial charge is 0.335 e. The first-order chi connectivity index (χ1) is 10.2. The van der Waals surface area contributed by atoms with Crippen molar-refractivity contribution >= 4 is 17.0 Å². The molecule has 1 aliphatic heterocycles. The fourth-order valence-electron chi connectivity index (χ4n) is 3.11. The van der Waals surface area contributed by atoms with Gasteiger partial charge in [-0.3, -0.25) is 0 Å². The lowest BCUT2D eigenvalue weighted by Gasteiger charge is -2.13. The highest BCUT2D eigenvalue weighted by Gasteiger charge is 2.31. The van der Waals surface area contributed by atoms with Crippen molar-refractivity contribution in [1.82, 2.24) is 9.55 Å². The van der Waals surface area contributed by atoms with Crippen LogP contribution in [0.15, 0.2) is 18.2 Å². The molecular formula is C16H18N2O3. The van der Waals surface area contributed by atoms with E-state index in [1.807, 2.05) is 6.07 Å². The van der Waals surface area contributed by atoms with E-state index in [0.29, 0.717) is 17.4 Å². The Morgan fingerprint density at radius 1 is 1.38 bits per heavy atom. The predicted octanol–water partition coefficient (Wildman–Crippen LogP) is 2.65. The Kier molecular flexibility index (Phi) is 2.96. The quantitative estimate of drug-likeness (QED) is 0.938. The maximum atomic E-state index is 11.1. The van der Waals surface area contributed by atoms with Gasteiger partial charge >= 0.3 is 5.97 Å². The van der Waals surface area contributed by atoms with Crippen molar-refractivity contribution in [2.75, 3.05) is 13.2 Å². The van der Waals surface area contributed by atoms with Crippen molar-refractivity contribution in [3.63, 3.8) is 0 Å². The van der Waals surface area contributed by atoms with Gasteiger partial charge in [0, 0.05) is 25.0 Å². The molecule has 21 heavy (non-hydrogen) atoms. The number of aromatic carboxylic acids is 1. The third-order valence-electron chi connectivity index (χ3n) is 4.43. The molecule has 1 unspecified atom stereocenters. The third kappa shape index (κ3) is 2.31. The largest absolute Gasteiger partial charge is 0.478 e. The SMILES string of the molecule is O=C(O)c1ccc2c(c1)nc(C1CC1)n2CC1CCOC1. The average Bonchev–Trinajstić information content (AvgIpc) is 3.07. The van der Waals surface area contributed by atoms with Gasteiger partial charge in [0.1, 0.15) is 5.82 Å². The van der Waals surface area contributed by atoms with Gasteiger partial charge in [-0.05, 0) is 37.5 Å². The normalized spacial score (nSPS) is 22.0. The summed E-state index contributed by atoms with van der Waals surface area (Å²) >= 11 is 0. The molecule has 2 aliphatic rings. The summed E-state index contributed by atoms with van der Waals surface area (Å²) in [6, 6.07) is 5.25. The molecule has 5 nitrogen and oxygen atoms in total. The minimum atomic E-state index is -0.899. The molecule has 0 bridgehead atoms. The first-order valence-electron chi connectivity index (χ1n) is 7.53. The monoisotopic (exact) mass is 286 g/mol. The second-order valence-corrected chi connectivity index (χ2v) is 6.09. The first-order valence-corrected chi connectivity index (χ1v) is 7.53. The molecule has 1 aromatic carbocycles. The highest BCUT2D eigenvalue weighted by Crippen LogP contribution is 2.41. The van der Waals surface area contributed by atoms with E-state index >= 15 is 0 Å². The summed E-state index contributed by atoms with van der Waals surface area (Å²) in [4.78, 5) is 15.8. The summed E-state index contributed by atoms with van der Waals surface area (Å²) in [5, 5.41) is 9.12. The lowest BCUT2D eigenvalue weighted by molar-refractivity contribution is 0.0697. The van der Waals surface area contributed by atoms with E-state index in [9.17, 15) is 4.79 Å². The molecule has 0 radical (unpaired) electrons. The number of hydrogen-bond donors (Lipinski definition) is 1. The molecule has 1 saturated carbocycles. The number of carboxylic acid groups (broad SMARTS) is 1. The van der Waals surface area contributed by atoms with Crippen LogP contribution in [-0.4, -0.2) is 33.8 Å². The van der Waals surface area contributed by atoms with Gasteiger partial charge in [0.15, 0.2) is 0 Å². The molecule has 0 amide bonds. The zero-order valence-corrected chi connectivity index (χ0v) is 11.8. The number of imidazole rings is 1. The fourth-order valence-corrected chi connectivity index (χ4v) is 3.11. The van der Waals surface area contributed by atoms with Crippen LogP contribution in [-0.2, 0) is 11.3 Å². The van der Waals surface area contributed by atoms with Gasteiger partial charge < -0.3 is 14.4 Å². The molecule has 1 N–H and O–H groups in total. The maximum Gasteiger partial charge on any atom is 0.335 e. The fraction of sp³-hybridized carbons (Fsp3) is 0.500. The van der Waals surface area contributed by atoms with E-state index < -0.39 is 5.97 Å². The average molecular weight is 286 g/mol. The van der Waals surface area contributed by atoms with E-state index in [0.717, 1.165) is 43.0 Å². The van der Waals surface area contributed by atoms with Crippen LogP contribution in [0.1, 0.15) is 41.4 Å². The Morgan fingerprint density at radius 3 is 2.90 bits per heavy atom. The van der Waals surface area contributed by atoms with Crippen LogP contribution >= 0.6 is 0 Å². The molecule has 2 aromatic rings. The minimum absolute atomic E-state index is 0.304. The second-order valence-electron chi connectivity index (χ2n) is 6.09. The van der Waals surface area contributed by atoms with Gasteiger partial charge in [0.25, 0.3) is 0 Å². The van der Waals surface area contributed by atoms with E-state index in [2.05, 4.69) is 4.57 Å². The van der Waals surface area contributed by atoms with Crippen molar-refractivity contribution in [2.24, 2.45) is 5.92 Å². The van der Waals surface area contributed by atoms with E-state index in [-0.39, 0.29) is 0 Å². The number of carbonyl (C=O) groups is 1. The number of rotatable bonds is 4. The molecule has 2 fully saturated rings. The van der Waals surface area contributed by atoms with Crippen molar-refractivity contribution in [1.29, 1.82) is 0 Å². The summed E-state index contributed by atoms with van der Waals surface area (Å²) in [6.07, 6.45) is 3.48. The predicted molar refractivity (Wildman–Crippen MR) is 77.6 cm³/mol. The molecule has 0 spiro atoms. The lowest BCUT2D eigenvalue weighted by Crippen LogP contribution is -2.13. The summed E-state index contributed by atoms with van der Waals surface area (Å²) in [7, 11) is 0. The van der Waals surface area contributed by atoms with Gasteiger partial charge in [-0.15, -0.1) is 0 Å². The molecule has 4 rings (SSSR count). The zero-order valence-electron chi connectivity index (χ0n) is 11.8. The number of aromatic nitrogens is 2. The summed E-state index contributed by atoms with van der Waals surface area (Å²) in [6.45, 7) is 2.59. The molecular weight excluding hydrogens is 268 g/mol. The van der Waals surface area contributed by atoms with Crippen LogP contribution in [0.25, 0.3) is 11.0 Å². The molecule has 5 heteroatoms. The summed E-state index contributed by atoms with van der Waals surface area (Å²) in [5.74, 6) is 1.31. The highest BCUT2D eigenvalue weighted by molar-refractivity contribution is 5.92. The van der Waals surface area contributed by atoms with Gasteiger partial charge in [0.05, 0.1) is 23.2 Å². The number of nitrogens with zero attached hydrogens (tertiary/aromatic N) is 2. The Hall–Kier alpha value is -1.88. The number of fused-ring (bicyclic) bond motifs is 1. The second kappa shape index (κ2) is 4.84. The molecule has 1 aromatic heterocycles. The Balaban J connectivity index is 1.78. The van der Waals surface area contributed by atoms with Crippen LogP contribution in [0.5, 0.6) is 0 Å². The Morgan fingerprint density at radius 2 is 2.24 bits per heavy atom. The van der Waals surface area contributed by atoms with Gasteiger partial charge in [-0.25, -0.2) is 9.78 Å². The summed E-state index contributed by atoms with van der Waals surface area (Å²) < 4.78 is 7.76. The summed E-state index contributed by atoms with van der Waals surface area (Å²) in [5.41, 5.74) is 2.16. The van der Waals surface area contributed by atoms with Gasteiger partial charge in [-0.2, -0.15) is 0 Å². The van der Waals surface area contributed by atoms with Gasteiger partial charge in [0.2, 0.25) is 0 Å². The van der Waals surface area contributed by atoms with Gasteiger partial charge in [-0.1, -0.05) is 0 Å². The molecule has 1 aliphatic carbocycles. The molecule has 1 saturated heterocycles. The Bertz CT molecular complexity index is 697. The van der Waals surface area contributed by atoms with Crippen molar-refractivity contribution < 1.29 is 14.6 Å². The lowest BCUT2D eigenvalue weighted by atomic mass is 10.1. The van der Waals surface area contributed by atoms with Crippen LogP contribution < -0.4 is 0 Å². The van der Waals surface area contributed by atoms with Crippen LogP contribution in [0.3, 0.4) is 0 Å². The van der Waals surface area contributed by atoms with Crippen molar-refractivity contribution in [3.8, 4) is 0 Å². The van der Waals surface area contributed by atoms with E-state index in [4.69, 9.17) is 14.8 Å². The van der Waals surface area contributed by atoms with E-state index in [1.165, 1.54) is 12.8 Å². The van der Waals surface area contributed by atoms with Crippen LogP contribution in [0.4, 0.5) is 0 Å². The maximum absolute atomic E-state index is 11.1. The number of benzene rings is 1. The molecule has 1 atom stereocenters. The minimum Gasteiger partial charge on any atom is -0.478 e. The van der Waals surface area contributed by atoms with E-state index in [1.54, 1.807) is 12.1 Å². The number of carboxylic acids is 1. The number of ether oxygens (including phenoxy) is 1. The standard InChI is InChI=1S/C16H18N2O3/c19-16(20)12-3-4-14-13(7-12)17-15(11-1-2-11)18(14)8-10-5-6-21-9-10/h3-4,7,10-11H,1-2,5-6,8-9H2,(H,19,20). The van der Waals surface area contributed by atoms with Crippen LogP contribution in [0, 0.1) is 5.92 Å². The zero-order chi connectivity index (χ0) is 14.4. The molecule has 110 valence electrons.